The molecular weight excluding hydrogens is 301 g/mol. The second kappa shape index (κ2) is 7.43. The van der Waals surface area contributed by atoms with Gasteiger partial charge in [0.2, 0.25) is 0 Å². The van der Waals surface area contributed by atoms with E-state index in [0.717, 1.165) is 10.8 Å². The Morgan fingerprint density at radius 3 is 2.45 bits per heavy atom. The third kappa shape index (κ3) is 4.58. The van der Waals surface area contributed by atoms with Crippen molar-refractivity contribution < 1.29 is 18.6 Å². The summed E-state index contributed by atoms with van der Waals surface area (Å²) in [4.78, 5) is 11.7. The molecule has 0 aliphatic heterocycles. The minimum absolute atomic E-state index is 0.208. The summed E-state index contributed by atoms with van der Waals surface area (Å²) in [5.41, 5.74) is 0. The van der Waals surface area contributed by atoms with Gasteiger partial charge < -0.3 is 9.26 Å². The van der Waals surface area contributed by atoms with Gasteiger partial charge in [-0.15, -0.1) is 0 Å². The first-order chi connectivity index (χ1) is 10.5. The minimum Gasteiger partial charge on any atom is -0.462 e. The summed E-state index contributed by atoms with van der Waals surface area (Å²) in [6, 6.07) is 12.6. The molecule has 0 saturated heterocycles. The molecule has 118 valence electrons. The topological polar surface area (TPSA) is 64.6 Å². The first-order valence-electron chi connectivity index (χ1n) is 7.13. The summed E-state index contributed by atoms with van der Waals surface area (Å²) < 4.78 is 22.4. The van der Waals surface area contributed by atoms with Crippen molar-refractivity contribution in [3.05, 3.63) is 42.5 Å². The maximum atomic E-state index is 12.0. The molecule has 0 fully saturated rings. The van der Waals surface area contributed by atoms with Crippen LogP contribution in [-0.4, -0.2) is 18.1 Å². The number of esters is 1. The van der Waals surface area contributed by atoms with Crippen LogP contribution in [0.5, 0.6) is 5.75 Å². The molecule has 1 N–H and O–H groups in total. The molecular formula is C16H20NO4P. The van der Waals surface area contributed by atoms with Crippen LogP contribution in [0.15, 0.2) is 42.5 Å². The normalized spacial score (nSPS) is 13.8. The number of benzene rings is 2. The minimum atomic E-state index is -2.59. The molecule has 0 amide bonds. The SMILES string of the molecule is CC(C)OC(=O)[C@H](C)N[PH](=O)Oc1ccc2ccccc2c1. The van der Waals surface area contributed by atoms with E-state index < -0.39 is 20.2 Å². The Kier molecular flexibility index (Phi) is 5.58. The average Bonchev–Trinajstić information content (AvgIpc) is 2.46. The molecule has 2 rings (SSSR count). The summed E-state index contributed by atoms with van der Waals surface area (Å²) in [6.45, 7) is 5.12. The van der Waals surface area contributed by atoms with Gasteiger partial charge in [-0.2, -0.15) is 0 Å². The van der Waals surface area contributed by atoms with Crippen molar-refractivity contribution in [3.8, 4) is 5.75 Å². The van der Waals surface area contributed by atoms with E-state index in [9.17, 15) is 9.36 Å². The zero-order valence-corrected chi connectivity index (χ0v) is 13.8. The molecule has 6 heteroatoms. The number of hydrogen-bond donors (Lipinski definition) is 1. The van der Waals surface area contributed by atoms with E-state index in [1.54, 1.807) is 26.8 Å². The predicted octanol–water partition coefficient (Wildman–Crippen LogP) is 3.54. The monoisotopic (exact) mass is 321 g/mol. The van der Waals surface area contributed by atoms with Gasteiger partial charge >= 0.3 is 14.1 Å². The largest absolute Gasteiger partial charge is 0.462 e. The predicted molar refractivity (Wildman–Crippen MR) is 87.4 cm³/mol. The van der Waals surface area contributed by atoms with Gasteiger partial charge in [-0.3, -0.25) is 9.36 Å². The van der Waals surface area contributed by atoms with Crippen LogP contribution in [0, 0.1) is 0 Å². The van der Waals surface area contributed by atoms with Gasteiger partial charge in [-0.1, -0.05) is 30.3 Å². The van der Waals surface area contributed by atoms with Crippen molar-refractivity contribution >= 4 is 24.9 Å². The smallest absolute Gasteiger partial charge is 0.323 e. The summed E-state index contributed by atoms with van der Waals surface area (Å²) in [5.74, 6) is 0.0509. The maximum absolute atomic E-state index is 12.0. The fourth-order valence-corrected chi connectivity index (χ4v) is 2.81. The van der Waals surface area contributed by atoms with E-state index in [-0.39, 0.29) is 6.10 Å². The third-order valence-electron chi connectivity index (χ3n) is 2.97. The highest BCUT2D eigenvalue weighted by Crippen LogP contribution is 2.27. The van der Waals surface area contributed by atoms with Gasteiger partial charge in [0, 0.05) is 0 Å². The summed E-state index contributed by atoms with van der Waals surface area (Å²) in [6.07, 6.45) is -0.208. The fraction of sp³-hybridized carbons (Fsp3) is 0.312. The van der Waals surface area contributed by atoms with E-state index in [1.165, 1.54) is 0 Å². The lowest BCUT2D eigenvalue weighted by molar-refractivity contribution is -0.148. The first-order valence-corrected chi connectivity index (χ1v) is 8.45. The highest BCUT2D eigenvalue weighted by molar-refractivity contribution is 7.37. The molecule has 0 spiro atoms. The Morgan fingerprint density at radius 1 is 1.09 bits per heavy atom. The summed E-state index contributed by atoms with van der Waals surface area (Å²) in [5, 5.41) is 4.71. The zero-order valence-electron chi connectivity index (χ0n) is 12.8. The summed E-state index contributed by atoms with van der Waals surface area (Å²) in [7, 11) is -2.59. The van der Waals surface area contributed by atoms with Gasteiger partial charge in [-0.05, 0) is 43.7 Å². The molecule has 2 atom stereocenters. The van der Waals surface area contributed by atoms with E-state index in [4.69, 9.17) is 9.26 Å². The molecule has 0 bridgehead atoms. The molecule has 5 nitrogen and oxygen atoms in total. The van der Waals surface area contributed by atoms with Crippen molar-refractivity contribution in [2.75, 3.05) is 0 Å². The van der Waals surface area contributed by atoms with Crippen LogP contribution in [0.3, 0.4) is 0 Å². The number of rotatable bonds is 6. The van der Waals surface area contributed by atoms with Crippen LogP contribution in [0.25, 0.3) is 10.8 Å². The number of nitrogens with one attached hydrogen (secondary N) is 1. The molecule has 0 saturated carbocycles. The zero-order chi connectivity index (χ0) is 16.1. The van der Waals surface area contributed by atoms with Crippen LogP contribution in [0.2, 0.25) is 0 Å². The number of ether oxygens (including phenoxy) is 1. The Bertz CT molecular complexity index is 687. The van der Waals surface area contributed by atoms with E-state index in [2.05, 4.69) is 5.09 Å². The lowest BCUT2D eigenvalue weighted by Crippen LogP contribution is -2.33. The molecule has 0 aliphatic carbocycles. The molecule has 0 heterocycles. The Hall–Kier alpha value is -1.84. The second-order valence-electron chi connectivity index (χ2n) is 5.25. The second-order valence-corrected chi connectivity index (χ2v) is 6.32. The molecule has 0 radical (unpaired) electrons. The van der Waals surface area contributed by atoms with Gasteiger partial charge in [0.15, 0.2) is 0 Å². The quantitative estimate of drug-likeness (QED) is 0.651. The molecule has 2 aromatic carbocycles. The molecule has 22 heavy (non-hydrogen) atoms. The summed E-state index contributed by atoms with van der Waals surface area (Å²) >= 11 is 0. The Labute approximate surface area is 130 Å². The van der Waals surface area contributed by atoms with E-state index in [0.29, 0.717) is 5.75 Å². The lowest BCUT2D eigenvalue weighted by Gasteiger charge is -2.15. The van der Waals surface area contributed by atoms with Crippen LogP contribution >= 0.6 is 8.18 Å². The molecule has 0 aromatic heterocycles. The number of fused-ring (bicyclic) bond motifs is 1. The van der Waals surface area contributed by atoms with Crippen molar-refractivity contribution in [2.45, 2.75) is 32.9 Å². The molecule has 1 unspecified atom stereocenters. The van der Waals surface area contributed by atoms with E-state index >= 15 is 0 Å². The van der Waals surface area contributed by atoms with Crippen LogP contribution in [-0.2, 0) is 14.1 Å². The highest BCUT2D eigenvalue weighted by Gasteiger charge is 2.18. The average molecular weight is 321 g/mol. The Morgan fingerprint density at radius 2 is 1.77 bits per heavy atom. The first kappa shape index (κ1) is 16.5. The Balaban J connectivity index is 1.97. The van der Waals surface area contributed by atoms with Crippen molar-refractivity contribution in [1.29, 1.82) is 0 Å². The molecule has 2 aromatic rings. The fourth-order valence-electron chi connectivity index (χ4n) is 1.94. The van der Waals surface area contributed by atoms with Gasteiger partial charge in [-0.25, -0.2) is 5.09 Å². The van der Waals surface area contributed by atoms with E-state index in [1.807, 2.05) is 36.4 Å². The number of hydrogen-bond acceptors (Lipinski definition) is 4. The van der Waals surface area contributed by atoms with Crippen molar-refractivity contribution in [1.82, 2.24) is 5.09 Å². The van der Waals surface area contributed by atoms with Crippen LogP contribution < -0.4 is 9.61 Å². The number of carbonyl (C=O) groups is 1. The number of carbonyl (C=O) groups excluding carboxylic acids is 1. The van der Waals surface area contributed by atoms with Crippen LogP contribution in [0.1, 0.15) is 20.8 Å². The van der Waals surface area contributed by atoms with Crippen molar-refractivity contribution in [3.63, 3.8) is 0 Å². The van der Waals surface area contributed by atoms with Gasteiger partial charge in [0.1, 0.15) is 11.8 Å². The van der Waals surface area contributed by atoms with Gasteiger partial charge in [0.05, 0.1) is 6.10 Å². The highest BCUT2D eigenvalue weighted by atomic mass is 31.1. The maximum Gasteiger partial charge on any atom is 0.323 e. The van der Waals surface area contributed by atoms with Crippen molar-refractivity contribution in [2.24, 2.45) is 0 Å². The molecule has 0 aliphatic rings. The third-order valence-corrected chi connectivity index (χ3v) is 4.06. The standard InChI is InChI=1S/C16H20NO4P/c1-11(2)20-16(18)12(3)17-22(19)21-15-9-8-13-6-4-5-7-14(13)10-15/h4-12,22H,1-3H3,(H,17,19)/t12-/m0/s1. The lowest BCUT2D eigenvalue weighted by atomic mass is 10.1. The van der Waals surface area contributed by atoms with Gasteiger partial charge in [0.25, 0.3) is 0 Å². The van der Waals surface area contributed by atoms with Crippen LogP contribution in [0.4, 0.5) is 0 Å².